The van der Waals surface area contributed by atoms with Crippen molar-refractivity contribution in [3.8, 4) is 5.75 Å². The molecule has 1 aromatic rings. The molecule has 8 heteroatoms. The van der Waals surface area contributed by atoms with Gasteiger partial charge in [-0.3, -0.25) is 4.90 Å². The van der Waals surface area contributed by atoms with Crippen LogP contribution >= 0.6 is 0 Å². The van der Waals surface area contributed by atoms with Crippen LogP contribution in [0, 0.1) is 13.8 Å². The van der Waals surface area contributed by atoms with Crippen molar-refractivity contribution in [1.82, 2.24) is 4.90 Å². The van der Waals surface area contributed by atoms with E-state index in [9.17, 15) is 16.8 Å². The summed E-state index contributed by atoms with van der Waals surface area (Å²) in [5.74, 6) is -0.105. The van der Waals surface area contributed by atoms with Crippen molar-refractivity contribution < 1.29 is 21.6 Å². The lowest BCUT2D eigenvalue weighted by Gasteiger charge is -2.34. The number of aryl methyl sites for hydroxylation is 2. The van der Waals surface area contributed by atoms with Gasteiger partial charge in [-0.2, -0.15) is 0 Å². The molecule has 26 heavy (non-hydrogen) atoms. The van der Waals surface area contributed by atoms with Crippen molar-refractivity contribution in [3.05, 3.63) is 23.3 Å². The first-order valence-corrected chi connectivity index (χ1v) is 12.4. The van der Waals surface area contributed by atoms with Crippen molar-refractivity contribution >= 4 is 19.7 Å². The number of benzene rings is 1. The van der Waals surface area contributed by atoms with Gasteiger partial charge in [0.25, 0.3) is 0 Å². The van der Waals surface area contributed by atoms with E-state index >= 15 is 0 Å². The van der Waals surface area contributed by atoms with Gasteiger partial charge in [0.1, 0.15) is 10.6 Å². The van der Waals surface area contributed by atoms with E-state index in [1.807, 2.05) is 13.8 Å². The van der Waals surface area contributed by atoms with E-state index in [2.05, 4.69) is 4.90 Å². The molecule has 0 amide bonds. The summed E-state index contributed by atoms with van der Waals surface area (Å²) in [5, 5.41) is -0.943. The Hall–Kier alpha value is -1.12. The number of hydrogen-bond donors (Lipinski definition) is 0. The number of nitrogens with zero attached hydrogens (tertiary/aromatic N) is 1. The summed E-state index contributed by atoms with van der Waals surface area (Å²) in [5.41, 5.74) is 1.78. The summed E-state index contributed by atoms with van der Waals surface area (Å²) >= 11 is 0. The molecule has 2 aliphatic rings. The predicted octanol–water partition coefficient (Wildman–Crippen LogP) is 1.74. The zero-order valence-electron chi connectivity index (χ0n) is 15.6. The van der Waals surface area contributed by atoms with E-state index in [1.54, 1.807) is 12.1 Å². The molecule has 2 saturated heterocycles. The summed E-state index contributed by atoms with van der Waals surface area (Å²) in [6.45, 7) is 5.26. The maximum absolute atomic E-state index is 13.4. The third kappa shape index (κ3) is 3.64. The molecule has 0 aromatic heterocycles. The van der Waals surface area contributed by atoms with Crippen LogP contribution in [0.15, 0.2) is 17.0 Å². The molecule has 0 bridgehead atoms. The minimum Gasteiger partial charge on any atom is -0.495 e. The van der Waals surface area contributed by atoms with Gasteiger partial charge in [-0.1, -0.05) is 6.42 Å². The second-order valence-electron chi connectivity index (χ2n) is 7.41. The highest BCUT2D eigenvalue weighted by Crippen LogP contribution is 2.35. The summed E-state index contributed by atoms with van der Waals surface area (Å²) in [7, 11) is -5.78. The van der Waals surface area contributed by atoms with Crippen LogP contribution in [0.4, 0.5) is 0 Å². The van der Waals surface area contributed by atoms with Crippen LogP contribution in [-0.2, 0) is 19.7 Å². The number of ether oxygens (including phenoxy) is 1. The largest absolute Gasteiger partial charge is 0.495 e. The molecule has 6 nitrogen and oxygen atoms in total. The molecular formula is C18H27NO5S2. The van der Waals surface area contributed by atoms with Crippen molar-refractivity contribution in [2.24, 2.45) is 0 Å². The van der Waals surface area contributed by atoms with Crippen LogP contribution < -0.4 is 4.74 Å². The molecule has 0 radical (unpaired) electrons. The molecule has 0 saturated carbocycles. The molecule has 2 heterocycles. The van der Waals surface area contributed by atoms with E-state index in [0.29, 0.717) is 0 Å². The number of methoxy groups -OCH3 is 1. The van der Waals surface area contributed by atoms with Gasteiger partial charge in [-0.25, -0.2) is 16.8 Å². The molecular weight excluding hydrogens is 374 g/mol. The van der Waals surface area contributed by atoms with E-state index in [-0.39, 0.29) is 22.2 Å². The normalized spacial score (nSPS) is 26.7. The van der Waals surface area contributed by atoms with Crippen molar-refractivity contribution in [1.29, 1.82) is 0 Å². The van der Waals surface area contributed by atoms with Gasteiger partial charge in [0.2, 0.25) is 0 Å². The average molecular weight is 402 g/mol. The summed E-state index contributed by atoms with van der Waals surface area (Å²) in [4.78, 5) is 2.16. The molecule has 1 aromatic carbocycles. The first-order chi connectivity index (χ1) is 12.2. The Balaban J connectivity index is 2.05. The predicted molar refractivity (Wildman–Crippen MR) is 101 cm³/mol. The quantitative estimate of drug-likeness (QED) is 0.764. The van der Waals surface area contributed by atoms with Gasteiger partial charge in [-0.15, -0.1) is 0 Å². The zero-order valence-corrected chi connectivity index (χ0v) is 17.2. The van der Waals surface area contributed by atoms with Crippen molar-refractivity contribution in [3.63, 3.8) is 0 Å². The van der Waals surface area contributed by atoms with Gasteiger partial charge >= 0.3 is 0 Å². The van der Waals surface area contributed by atoms with E-state index in [0.717, 1.165) is 43.5 Å². The minimum atomic E-state index is -3.84. The summed E-state index contributed by atoms with van der Waals surface area (Å²) < 4.78 is 56.9. The Morgan fingerprint density at radius 1 is 1.04 bits per heavy atom. The monoisotopic (exact) mass is 401 g/mol. The molecule has 0 unspecified atom stereocenters. The van der Waals surface area contributed by atoms with E-state index < -0.39 is 31.0 Å². The molecule has 2 fully saturated rings. The van der Waals surface area contributed by atoms with Gasteiger partial charge < -0.3 is 4.74 Å². The number of hydrogen-bond acceptors (Lipinski definition) is 6. The summed E-state index contributed by atoms with van der Waals surface area (Å²) in [6, 6.07) is 2.85. The molecule has 3 rings (SSSR count). The topological polar surface area (TPSA) is 80.8 Å². The Bertz CT molecular complexity index is 886. The molecule has 0 aliphatic carbocycles. The first-order valence-electron chi connectivity index (χ1n) is 8.99. The molecule has 0 N–H and O–H groups in total. The Morgan fingerprint density at radius 2 is 1.65 bits per heavy atom. The number of piperidine rings is 1. The van der Waals surface area contributed by atoms with E-state index in [4.69, 9.17) is 4.74 Å². The second-order valence-corrected chi connectivity index (χ2v) is 11.7. The lowest BCUT2D eigenvalue weighted by Crippen LogP contribution is -2.48. The van der Waals surface area contributed by atoms with Gasteiger partial charge in [0, 0.05) is 6.04 Å². The SMILES string of the molecule is COc1cc(C)c(C)cc1S(=O)(=O)[C@H]1CS(=O)(=O)C[C@@H]1N1CCCCC1. The number of likely N-dealkylation sites (tertiary alicyclic amines) is 1. The van der Waals surface area contributed by atoms with E-state index in [1.165, 1.54) is 7.11 Å². The maximum Gasteiger partial charge on any atom is 0.187 e. The van der Waals surface area contributed by atoms with Crippen molar-refractivity contribution in [2.75, 3.05) is 31.7 Å². The van der Waals surface area contributed by atoms with Gasteiger partial charge in [0.05, 0.1) is 23.9 Å². The molecule has 2 aliphatic heterocycles. The van der Waals surface area contributed by atoms with Gasteiger partial charge in [0.15, 0.2) is 19.7 Å². The molecule has 2 atom stereocenters. The Morgan fingerprint density at radius 3 is 2.27 bits per heavy atom. The zero-order chi connectivity index (χ0) is 19.1. The Kier molecular flexibility index (Phi) is 5.38. The highest BCUT2D eigenvalue weighted by molar-refractivity contribution is 7.96. The van der Waals surface area contributed by atoms with Crippen LogP contribution in [0.3, 0.4) is 0 Å². The van der Waals surface area contributed by atoms with Crippen LogP contribution in [0.5, 0.6) is 5.75 Å². The smallest absolute Gasteiger partial charge is 0.187 e. The van der Waals surface area contributed by atoms with Crippen LogP contribution in [0.1, 0.15) is 30.4 Å². The number of sulfone groups is 2. The molecule has 0 spiro atoms. The van der Waals surface area contributed by atoms with Gasteiger partial charge in [-0.05, 0) is 63.0 Å². The third-order valence-electron chi connectivity index (χ3n) is 5.62. The lowest BCUT2D eigenvalue weighted by molar-refractivity contribution is 0.178. The van der Waals surface area contributed by atoms with Crippen LogP contribution in [0.25, 0.3) is 0 Å². The fraction of sp³-hybridized carbons (Fsp3) is 0.667. The highest BCUT2D eigenvalue weighted by Gasteiger charge is 2.49. The van der Waals surface area contributed by atoms with Crippen molar-refractivity contribution in [2.45, 2.75) is 49.3 Å². The standard InChI is InChI=1S/C18H27NO5S2/c1-13-9-16(24-3)17(10-14(13)2)26(22,23)18-12-25(20,21)11-15(18)19-7-5-4-6-8-19/h9-10,15,18H,4-8,11-12H2,1-3H3/t15-,18-/m0/s1. The lowest BCUT2D eigenvalue weighted by atomic mass is 10.1. The minimum absolute atomic E-state index is 0.0793. The highest BCUT2D eigenvalue weighted by atomic mass is 32.2. The first kappa shape index (κ1) is 19.6. The maximum atomic E-state index is 13.4. The third-order valence-corrected chi connectivity index (χ3v) is 9.75. The fourth-order valence-corrected chi connectivity index (χ4v) is 9.05. The fourth-order valence-electron chi connectivity index (χ4n) is 3.99. The average Bonchev–Trinajstić information content (AvgIpc) is 2.94. The van der Waals surface area contributed by atoms with Crippen LogP contribution in [-0.4, -0.2) is 64.7 Å². The second kappa shape index (κ2) is 7.13. The summed E-state index contributed by atoms with van der Waals surface area (Å²) in [6.07, 6.45) is 3.07. The number of rotatable bonds is 4. The van der Waals surface area contributed by atoms with Crippen LogP contribution in [0.2, 0.25) is 0 Å². The molecule has 146 valence electrons. The Labute approximate surface area is 156 Å².